The van der Waals surface area contributed by atoms with Gasteiger partial charge in [-0.3, -0.25) is 4.79 Å². The van der Waals surface area contributed by atoms with Crippen LogP contribution in [-0.2, 0) is 9.53 Å². The van der Waals surface area contributed by atoms with Gasteiger partial charge < -0.3 is 4.74 Å². The van der Waals surface area contributed by atoms with Crippen LogP contribution < -0.4 is 0 Å². The summed E-state index contributed by atoms with van der Waals surface area (Å²) in [6, 6.07) is 0. The lowest BCUT2D eigenvalue weighted by Crippen LogP contribution is -2.03. The average Bonchev–Trinajstić information content (AvgIpc) is 2.92. The van der Waals surface area contributed by atoms with E-state index in [9.17, 15) is 4.79 Å². The first-order valence-electron chi connectivity index (χ1n) is 9.37. The van der Waals surface area contributed by atoms with Gasteiger partial charge in [-0.15, -0.1) is 0 Å². The van der Waals surface area contributed by atoms with E-state index < -0.39 is 0 Å². The van der Waals surface area contributed by atoms with Crippen LogP contribution in [0.15, 0.2) is 72.9 Å². The van der Waals surface area contributed by atoms with Crippen LogP contribution in [0.5, 0.6) is 0 Å². The van der Waals surface area contributed by atoms with Crippen molar-refractivity contribution in [1.82, 2.24) is 0 Å². The van der Waals surface area contributed by atoms with Crippen molar-refractivity contribution >= 4 is 5.97 Å². The van der Waals surface area contributed by atoms with Crippen molar-refractivity contribution in [2.24, 2.45) is 5.92 Å². The normalized spacial score (nSPS) is 22.1. The van der Waals surface area contributed by atoms with E-state index in [1.54, 1.807) is 0 Å². The van der Waals surface area contributed by atoms with E-state index in [1.165, 1.54) is 0 Å². The fraction of sp³-hybridized carbons (Fsp3) is 0.435. The van der Waals surface area contributed by atoms with Crippen molar-refractivity contribution in [3.05, 3.63) is 72.9 Å². The first-order chi connectivity index (χ1) is 12.2. The number of cyclic esters (lactones) is 1. The van der Waals surface area contributed by atoms with Gasteiger partial charge in [0.2, 0.25) is 0 Å². The number of hydrogen-bond acceptors (Lipinski definition) is 2. The Labute approximate surface area is 153 Å². The Morgan fingerprint density at radius 1 is 0.840 bits per heavy atom. The van der Waals surface area contributed by atoms with E-state index in [1.807, 2.05) is 25.2 Å². The number of carbonyl (C=O) groups is 1. The fourth-order valence-corrected chi connectivity index (χ4v) is 2.38. The summed E-state index contributed by atoms with van der Waals surface area (Å²) in [5.74, 6) is -0.0542. The van der Waals surface area contributed by atoms with E-state index in [2.05, 4.69) is 61.6 Å². The molecule has 2 nitrogen and oxygen atoms in total. The second kappa shape index (κ2) is 14.3. The third kappa shape index (κ3) is 11.1. The lowest BCUT2D eigenvalue weighted by atomic mass is 10.1. The molecule has 0 spiro atoms. The molecule has 2 heteroatoms. The molecule has 0 radical (unpaired) electrons. The van der Waals surface area contributed by atoms with E-state index in [4.69, 9.17) is 4.74 Å². The highest BCUT2D eigenvalue weighted by atomic mass is 16.5. The van der Waals surface area contributed by atoms with Crippen LogP contribution in [0, 0.1) is 5.92 Å². The molecule has 1 fully saturated rings. The summed E-state index contributed by atoms with van der Waals surface area (Å²) >= 11 is 0. The van der Waals surface area contributed by atoms with Gasteiger partial charge in [0.15, 0.2) is 0 Å². The predicted octanol–water partition coefficient (Wildman–Crippen LogP) is 6.25. The summed E-state index contributed by atoms with van der Waals surface area (Å²) in [5.41, 5.74) is 0. The van der Waals surface area contributed by atoms with Crippen LogP contribution in [-0.4, -0.2) is 12.1 Å². The van der Waals surface area contributed by atoms with Crippen molar-refractivity contribution in [2.75, 3.05) is 0 Å². The molecule has 1 saturated heterocycles. The van der Waals surface area contributed by atoms with Gasteiger partial charge in [0.05, 0.1) is 5.92 Å². The number of allylic oxidation sites excluding steroid dienone is 11. The molecule has 1 aliphatic rings. The zero-order valence-electron chi connectivity index (χ0n) is 15.6. The van der Waals surface area contributed by atoms with Gasteiger partial charge in [0.25, 0.3) is 0 Å². The molecule has 25 heavy (non-hydrogen) atoms. The van der Waals surface area contributed by atoms with Gasteiger partial charge in [-0.05, 0) is 38.2 Å². The van der Waals surface area contributed by atoms with Crippen LogP contribution in [0.3, 0.4) is 0 Å². The Morgan fingerprint density at radius 3 is 1.84 bits per heavy atom. The molecule has 0 aromatic carbocycles. The van der Waals surface area contributed by atoms with Gasteiger partial charge in [-0.25, -0.2) is 0 Å². The highest BCUT2D eigenvalue weighted by molar-refractivity contribution is 5.74. The van der Waals surface area contributed by atoms with Crippen LogP contribution in [0.25, 0.3) is 0 Å². The van der Waals surface area contributed by atoms with Crippen LogP contribution in [0.1, 0.15) is 52.4 Å². The van der Waals surface area contributed by atoms with E-state index >= 15 is 0 Å². The summed E-state index contributed by atoms with van der Waals surface area (Å²) in [6.45, 7) is 4.06. The minimum atomic E-state index is -0.0848. The summed E-state index contributed by atoms with van der Waals surface area (Å²) in [7, 11) is 0. The molecule has 0 aromatic heterocycles. The quantitative estimate of drug-likeness (QED) is 0.252. The van der Waals surface area contributed by atoms with Crippen molar-refractivity contribution in [2.45, 2.75) is 58.5 Å². The Morgan fingerprint density at radius 2 is 1.36 bits per heavy atom. The molecular formula is C23H32O2. The summed E-state index contributed by atoms with van der Waals surface area (Å²) < 4.78 is 5.21. The maximum Gasteiger partial charge on any atom is 0.309 e. The predicted molar refractivity (Wildman–Crippen MR) is 107 cm³/mol. The van der Waals surface area contributed by atoms with Gasteiger partial charge in [0.1, 0.15) is 6.10 Å². The highest BCUT2D eigenvalue weighted by Gasteiger charge is 2.28. The SMILES string of the molecule is CC/C=C\C/C=C\C/C=C\C/C=C\C/C=C\C=C\C1CC(C)C(=O)O1. The van der Waals surface area contributed by atoms with Gasteiger partial charge in [-0.1, -0.05) is 80.7 Å². The molecule has 1 heterocycles. The molecule has 0 N–H and O–H groups in total. The summed E-state index contributed by atoms with van der Waals surface area (Å²) in [6.07, 6.45) is 31.4. The number of ether oxygens (including phenoxy) is 1. The standard InChI is InChI=1S/C23H32O2/c1-3-4-5-6-7-8-9-10-11-12-13-14-15-16-17-18-19-22-20-21(2)23(24)25-22/h4-5,7-8,10-11,13-14,16-19,21-22H,3,6,9,12,15,20H2,1-2H3/b5-4-,8-7-,11-10-,14-13-,17-16-,19-18+. The second-order valence-electron chi connectivity index (χ2n) is 6.16. The summed E-state index contributed by atoms with van der Waals surface area (Å²) in [4.78, 5) is 11.3. The minimum Gasteiger partial charge on any atom is -0.458 e. The van der Waals surface area contributed by atoms with Crippen molar-refractivity contribution < 1.29 is 9.53 Å². The minimum absolute atomic E-state index is 0.0306. The lowest BCUT2D eigenvalue weighted by molar-refractivity contribution is -0.142. The smallest absolute Gasteiger partial charge is 0.309 e. The first-order valence-corrected chi connectivity index (χ1v) is 9.37. The van der Waals surface area contributed by atoms with E-state index in [0.717, 1.165) is 38.5 Å². The number of hydrogen-bond donors (Lipinski definition) is 0. The molecule has 2 atom stereocenters. The van der Waals surface area contributed by atoms with Crippen LogP contribution in [0.2, 0.25) is 0 Å². The molecule has 0 aliphatic carbocycles. The van der Waals surface area contributed by atoms with E-state index in [0.29, 0.717) is 0 Å². The van der Waals surface area contributed by atoms with Crippen molar-refractivity contribution in [3.63, 3.8) is 0 Å². The maximum absolute atomic E-state index is 11.3. The van der Waals surface area contributed by atoms with Gasteiger partial charge >= 0.3 is 5.97 Å². The van der Waals surface area contributed by atoms with E-state index in [-0.39, 0.29) is 18.0 Å². The number of rotatable bonds is 11. The average molecular weight is 341 g/mol. The third-order valence-electron chi connectivity index (χ3n) is 3.82. The molecule has 1 aliphatic heterocycles. The molecule has 2 unspecified atom stereocenters. The van der Waals surface area contributed by atoms with Crippen LogP contribution in [0.4, 0.5) is 0 Å². The second-order valence-corrected chi connectivity index (χ2v) is 6.16. The lowest BCUT2D eigenvalue weighted by Gasteiger charge is -1.99. The molecule has 136 valence electrons. The molecule has 0 aromatic rings. The molecule has 0 saturated carbocycles. The largest absolute Gasteiger partial charge is 0.458 e. The Balaban J connectivity index is 2.03. The van der Waals surface area contributed by atoms with Crippen LogP contribution >= 0.6 is 0 Å². The first kappa shape index (κ1) is 21.0. The number of esters is 1. The Bertz CT molecular complexity index is 532. The van der Waals surface area contributed by atoms with Gasteiger partial charge in [-0.2, -0.15) is 0 Å². The molecule has 0 amide bonds. The molecule has 0 bridgehead atoms. The third-order valence-corrected chi connectivity index (χ3v) is 3.82. The molecular weight excluding hydrogens is 308 g/mol. The van der Waals surface area contributed by atoms with Gasteiger partial charge in [0, 0.05) is 6.42 Å². The fourth-order valence-electron chi connectivity index (χ4n) is 2.38. The zero-order valence-corrected chi connectivity index (χ0v) is 15.6. The monoisotopic (exact) mass is 340 g/mol. The summed E-state index contributed by atoms with van der Waals surface area (Å²) in [5, 5.41) is 0. The maximum atomic E-state index is 11.3. The Kier molecular flexibility index (Phi) is 12.0. The van der Waals surface area contributed by atoms with Crippen molar-refractivity contribution in [1.29, 1.82) is 0 Å². The van der Waals surface area contributed by atoms with Crippen molar-refractivity contribution in [3.8, 4) is 0 Å². The zero-order chi connectivity index (χ0) is 18.2. The Hall–Kier alpha value is -2.09. The highest BCUT2D eigenvalue weighted by Crippen LogP contribution is 2.21. The molecule has 1 rings (SSSR count). The topological polar surface area (TPSA) is 26.3 Å². The number of carbonyl (C=O) groups excluding carboxylic acids is 1.